The maximum atomic E-state index is 12.8. The maximum Gasteiger partial charge on any atom is 0.279 e. The first-order valence-corrected chi connectivity index (χ1v) is 7.68. The number of fused-ring (bicyclic) bond motifs is 1. The van der Waals surface area contributed by atoms with Crippen LogP contribution in [0.25, 0.3) is 27.7 Å². The molecule has 0 bridgehead atoms. The van der Waals surface area contributed by atoms with Crippen molar-refractivity contribution in [3.8, 4) is 22.6 Å². The Hall–Kier alpha value is -3.35. The number of aryl methyl sites for hydroxylation is 1. The second-order valence-electron chi connectivity index (χ2n) is 5.63. The summed E-state index contributed by atoms with van der Waals surface area (Å²) in [6.45, 7) is -0.890. The maximum absolute atomic E-state index is 12.8. The van der Waals surface area contributed by atoms with Crippen LogP contribution in [0.4, 0.5) is 4.39 Å². The van der Waals surface area contributed by atoms with Gasteiger partial charge in [0.15, 0.2) is 0 Å². The number of halogens is 1. The summed E-state index contributed by atoms with van der Waals surface area (Å²) < 4.78 is 20.3. The standard InChI is InChI=1S/C18H15FN4O2/c1-22-9-12(8-21-22)16-10-23(18(24)17-15(16)6-7-20-17)13-2-4-14(5-3-13)25-11-19/h2-10,20H,11H2,1H3. The van der Waals surface area contributed by atoms with E-state index < -0.39 is 6.86 Å². The summed E-state index contributed by atoms with van der Waals surface area (Å²) in [7, 11) is 1.84. The molecule has 6 nitrogen and oxygen atoms in total. The molecule has 7 heteroatoms. The molecule has 0 fully saturated rings. The van der Waals surface area contributed by atoms with Gasteiger partial charge in [-0.15, -0.1) is 0 Å². The van der Waals surface area contributed by atoms with Crippen LogP contribution in [0, 0.1) is 0 Å². The fourth-order valence-electron chi connectivity index (χ4n) is 2.90. The van der Waals surface area contributed by atoms with Crippen LogP contribution in [0.2, 0.25) is 0 Å². The number of pyridine rings is 1. The summed E-state index contributed by atoms with van der Waals surface area (Å²) in [5.74, 6) is 0.410. The molecule has 0 aliphatic rings. The number of hydrogen-bond acceptors (Lipinski definition) is 3. The molecule has 0 unspecified atom stereocenters. The molecule has 1 aromatic carbocycles. The molecule has 0 radical (unpaired) electrons. The largest absolute Gasteiger partial charge is 0.463 e. The summed E-state index contributed by atoms with van der Waals surface area (Å²) in [5, 5.41) is 5.05. The van der Waals surface area contributed by atoms with Crippen molar-refractivity contribution in [2.24, 2.45) is 7.05 Å². The quantitative estimate of drug-likeness (QED) is 0.622. The van der Waals surface area contributed by atoms with Crippen LogP contribution in [0.5, 0.6) is 5.75 Å². The average molecular weight is 338 g/mol. The zero-order chi connectivity index (χ0) is 17.4. The summed E-state index contributed by atoms with van der Waals surface area (Å²) in [4.78, 5) is 15.8. The molecular formula is C18H15FN4O2. The van der Waals surface area contributed by atoms with E-state index in [1.807, 2.05) is 19.3 Å². The Kier molecular flexibility index (Phi) is 3.61. The number of aromatic nitrogens is 4. The number of alkyl halides is 1. The zero-order valence-corrected chi connectivity index (χ0v) is 13.4. The van der Waals surface area contributed by atoms with Crippen molar-refractivity contribution >= 4 is 10.9 Å². The molecule has 0 amide bonds. The zero-order valence-electron chi connectivity index (χ0n) is 13.4. The van der Waals surface area contributed by atoms with Crippen LogP contribution in [-0.4, -0.2) is 26.2 Å². The van der Waals surface area contributed by atoms with Crippen molar-refractivity contribution in [1.82, 2.24) is 19.3 Å². The molecule has 126 valence electrons. The van der Waals surface area contributed by atoms with Gasteiger partial charge in [0.1, 0.15) is 11.3 Å². The molecule has 0 atom stereocenters. The van der Waals surface area contributed by atoms with E-state index in [-0.39, 0.29) is 5.56 Å². The van der Waals surface area contributed by atoms with Gasteiger partial charge >= 0.3 is 0 Å². The SMILES string of the molecule is Cn1cc(-c2cn(-c3ccc(OCF)cc3)c(=O)c3[nH]ccc23)cn1. The first kappa shape index (κ1) is 15.2. The number of benzene rings is 1. The number of rotatable bonds is 4. The highest BCUT2D eigenvalue weighted by atomic mass is 19.1. The first-order valence-electron chi connectivity index (χ1n) is 7.68. The number of nitrogens with zero attached hydrogens (tertiary/aromatic N) is 3. The smallest absolute Gasteiger partial charge is 0.279 e. The minimum absolute atomic E-state index is 0.160. The topological polar surface area (TPSA) is 64.8 Å². The van der Waals surface area contributed by atoms with Crippen LogP contribution in [-0.2, 0) is 7.05 Å². The third-order valence-corrected chi connectivity index (χ3v) is 4.08. The predicted molar refractivity (Wildman–Crippen MR) is 92.7 cm³/mol. The first-order chi connectivity index (χ1) is 12.2. The fraction of sp³-hybridized carbons (Fsp3) is 0.111. The molecule has 0 saturated heterocycles. The number of aromatic amines is 1. The minimum Gasteiger partial charge on any atom is -0.463 e. The third-order valence-electron chi connectivity index (χ3n) is 4.08. The van der Waals surface area contributed by atoms with Crippen LogP contribution < -0.4 is 10.3 Å². The van der Waals surface area contributed by atoms with Crippen molar-refractivity contribution in [3.05, 3.63) is 65.5 Å². The van der Waals surface area contributed by atoms with Gasteiger partial charge in [0.05, 0.1) is 6.20 Å². The second-order valence-corrected chi connectivity index (χ2v) is 5.63. The Bertz CT molecular complexity index is 1090. The highest BCUT2D eigenvalue weighted by molar-refractivity contribution is 5.94. The molecule has 0 aliphatic carbocycles. The molecule has 0 saturated carbocycles. The Morgan fingerprint density at radius 1 is 1.20 bits per heavy atom. The predicted octanol–water partition coefficient (Wildman–Crippen LogP) is 3.03. The highest BCUT2D eigenvalue weighted by Crippen LogP contribution is 2.27. The Morgan fingerprint density at radius 3 is 2.68 bits per heavy atom. The van der Waals surface area contributed by atoms with E-state index in [1.54, 1.807) is 52.1 Å². The van der Waals surface area contributed by atoms with E-state index in [0.717, 1.165) is 16.5 Å². The Morgan fingerprint density at radius 2 is 2.00 bits per heavy atom. The Balaban J connectivity index is 1.92. The van der Waals surface area contributed by atoms with E-state index in [1.165, 1.54) is 0 Å². The summed E-state index contributed by atoms with van der Waals surface area (Å²) in [5.41, 5.74) is 2.83. The van der Waals surface area contributed by atoms with Gasteiger partial charge in [-0.1, -0.05) is 0 Å². The molecule has 0 aliphatic heterocycles. The molecular weight excluding hydrogens is 323 g/mol. The Labute approximate surface area is 142 Å². The number of nitrogens with one attached hydrogen (secondary N) is 1. The van der Waals surface area contributed by atoms with Gasteiger partial charge in [0, 0.05) is 47.8 Å². The van der Waals surface area contributed by atoms with Gasteiger partial charge in [-0.2, -0.15) is 5.10 Å². The van der Waals surface area contributed by atoms with E-state index in [0.29, 0.717) is 17.0 Å². The summed E-state index contributed by atoms with van der Waals surface area (Å²) in [6, 6.07) is 8.57. The van der Waals surface area contributed by atoms with Crippen LogP contribution in [0.1, 0.15) is 0 Å². The average Bonchev–Trinajstić information content (AvgIpc) is 3.26. The minimum atomic E-state index is -0.890. The van der Waals surface area contributed by atoms with Gasteiger partial charge in [0.2, 0.25) is 6.86 Å². The van der Waals surface area contributed by atoms with Crippen LogP contribution in [0.15, 0.2) is 59.9 Å². The van der Waals surface area contributed by atoms with Gasteiger partial charge in [-0.3, -0.25) is 14.0 Å². The van der Waals surface area contributed by atoms with Gasteiger partial charge in [0.25, 0.3) is 5.56 Å². The van der Waals surface area contributed by atoms with Gasteiger partial charge < -0.3 is 9.72 Å². The lowest BCUT2D eigenvalue weighted by molar-refractivity contribution is 0.192. The number of hydrogen-bond donors (Lipinski definition) is 1. The van der Waals surface area contributed by atoms with E-state index in [2.05, 4.69) is 10.1 Å². The van der Waals surface area contributed by atoms with Crippen LogP contribution in [0.3, 0.4) is 0 Å². The summed E-state index contributed by atoms with van der Waals surface area (Å²) >= 11 is 0. The lowest BCUT2D eigenvalue weighted by Gasteiger charge is -2.10. The van der Waals surface area contributed by atoms with Crippen molar-refractivity contribution in [2.75, 3.05) is 6.86 Å². The lowest BCUT2D eigenvalue weighted by Crippen LogP contribution is -2.18. The van der Waals surface area contributed by atoms with Crippen molar-refractivity contribution in [2.45, 2.75) is 0 Å². The normalized spacial score (nSPS) is 11.1. The van der Waals surface area contributed by atoms with E-state index in [4.69, 9.17) is 4.74 Å². The lowest BCUT2D eigenvalue weighted by atomic mass is 10.1. The fourth-order valence-corrected chi connectivity index (χ4v) is 2.90. The van der Waals surface area contributed by atoms with E-state index >= 15 is 0 Å². The molecule has 3 heterocycles. The van der Waals surface area contributed by atoms with Crippen molar-refractivity contribution < 1.29 is 9.13 Å². The molecule has 0 spiro atoms. The molecule has 3 aromatic heterocycles. The molecule has 1 N–H and O–H groups in total. The second kappa shape index (κ2) is 5.94. The van der Waals surface area contributed by atoms with E-state index in [9.17, 15) is 9.18 Å². The third kappa shape index (κ3) is 2.59. The van der Waals surface area contributed by atoms with Crippen LogP contribution >= 0.6 is 0 Å². The van der Waals surface area contributed by atoms with Crippen molar-refractivity contribution in [3.63, 3.8) is 0 Å². The van der Waals surface area contributed by atoms with Gasteiger partial charge in [-0.05, 0) is 30.3 Å². The highest BCUT2D eigenvalue weighted by Gasteiger charge is 2.13. The molecule has 4 rings (SSSR count). The van der Waals surface area contributed by atoms with Crippen molar-refractivity contribution in [1.29, 1.82) is 0 Å². The number of H-pyrrole nitrogens is 1. The summed E-state index contributed by atoms with van der Waals surface area (Å²) in [6.07, 6.45) is 7.19. The van der Waals surface area contributed by atoms with Gasteiger partial charge in [-0.25, -0.2) is 4.39 Å². The molecule has 25 heavy (non-hydrogen) atoms. The number of ether oxygens (including phenoxy) is 1. The molecule has 4 aromatic rings. The monoisotopic (exact) mass is 338 g/mol.